The Morgan fingerprint density at radius 3 is 2.62 bits per heavy atom. The normalized spacial score (nSPS) is 22.2. The topological polar surface area (TPSA) is 186 Å². The number of carbonyl (C=O) groups is 6. The molecule has 0 spiro atoms. The highest BCUT2D eigenvalue weighted by Gasteiger charge is 2.43. The molecule has 3 atom stereocenters. The number of carboxylic acids is 1. The molecule has 3 heterocycles. The van der Waals surface area contributed by atoms with Crippen molar-refractivity contribution in [2.24, 2.45) is 0 Å². The molecule has 0 radical (unpaired) electrons. The van der Waals surface area contributed by atoms with Crippen LogP contribution in [0, 0.1) is 0 Å². The number of carboxylic acid groups (broad SMARTS) is 1. The molecule has 1 aromatic carbocycles. The molecule has 14 nitrogen and oxygen atoms in total. The molecule has 40 heavy (non-hydrogen) atoms. The number of nitrogens with zero attached hydrogens (tertiary/aromatic N) is 3. The molecule has 4 N–H and O–H groups in total. The number of phenols is 1. The molecule has 214 valence electrons. The van der Waals surface area contributed by atoms with E-state index in [2.05, 4.69) is 15.5 Å². The number of hydrogen-bond acceptors (Lipinski definition) is 9. The highest BCUT2D eigenvalue weighted by Crippen LogP contribution is 2.25. The minimum absolute atomic E-state index is 0.00350. The van der Waals surface area contributed by atoms with Gasteiger partial charge in [-0.1, -0.05) is 6.08 Å². The van der Waals surface area contributed by atoms with Crippen LogP contribution in [-0.2, 0) is 35.3 Å². The van der Waals surface area contributed by atoms with Crippen LogP contribution in [0.3, 0.4) is 0 Å². The molecule has 4 rings (SSSR count). The van der Waals surface area contributed by atoms with E-state index in [1.165, 1.54) is 24.4 Å². The second-order valence-corrected chi connectivity index (χ2v) is 9.70. The molecule has 3 aliphatic rings. The van der Waals surface area contributed by atoms with Gasteiger partial charge in [0.2, 0.25) is 11.8 Å². The Kier molecular flexibility index (Phi) is 9.11. The summed E-state index contributed by atoms with van der Waals surface area (Å²) in [4.78, 5) is 77.0. The third kappa shape index (κ3) is 6.63. The van der Waals surface area contributed by atoms with Crippen LogP contribution in [0.4, 0.5) is 0 Å². The molecule has 3 aliphatic heterocycles. The number of hydrogen-bond donors (Lipinski definition) is 4. The van der Waals surface area contributed by atoms with Gasteiger partial charge in [0.15, 0.2) is 0 Å². The molecule has 0 saturated carbocycles. The summed E-state index contributed by atoms with van der Waals surface area (Å²) in [5.74, 6) is -3.87. The molecule has 0 aliphatic carbocycles. The molecule has 4 amide bonds. The molecule has 2 saturated heterocycles. The average Bonchev–Trinajstić information content (AvgIpc) is 3.06. The zero-order valence-electron chi connectivity index (χ0n) is 21.7. The summed E-state index contributed by atoms with van der Waals surface area (Å²) < 4.78 is 5.34. The Morgan fingerprint density at radius 1 is 1.18 bits per heavy atom. The molecule has 14 heteroatoms. The first-order valence-electron chi connectivity index (χ1n) is 12.9. The van der Waals surface area contributed by atoms with E-state index >= 15 is 0 Å². The third-order valence-corrected chi connectivity index (χ3v) is 6.89. The summed E-state index contributed by atoms with van der Waals surface area (Å²) in [5.41, 5.74) is 0.740. The van der Waals surface area contributed by atoms with Crippen molar-refractivity contribution in [1.29, 1.82) is 0 Å². The number of aliphatic carboxylic acids is 1. The number of aromatic hydroxyl groups is 1. The minimum atomic E-state index is -1.32. The van der Waals surface area contributed by atoms with Gasteiger partial charge in [-0.15, -0.1) is 0 Å². The summed E-state index contributed by atoms with van der Waals surface area (Å²) in [5, 5.41) is 26.2. The largest absolute Gasteiger partial charge is 0.508 e. The summed E-state index contributed by atoms with van der Waals surface area (Å²) >= 11 is 0. The van der Waals surface area contributed by atoms with Gasteiger partial charge in [0.05, 0.1) is 25.7 Å². The smallest absolute Gasteiger partial charge is 0.305 e. The molecule has 0 aromatic heterocycles. The molecular weight excluding hydrogens is 526 g/mol. The van der Waals surface area contributed by atoms with Crippen molar-refractivity contribution in [2.75, 3.05) is 26.3 Å². The first-order chi connectivity index (χ1) is 19.2. The Labute approximate surface area is 229 Å². The fourth-order valence-corrected chi connectivity index (χ4v) is 4.79. The second kappa shape index (κ2) is 12.7. The van der Waals surface area contributed by atoms with Crippen molar-refractivity contribution in [1.82, 2.24) is 25.6 Å². The lowest BCUT2D eigenvalue weighted by molar-refractivity contribution is -0.166. The fraction of sp³-hybridized carbons (Fsp3) is 0.462. The highest BCUT2D eigenvalue weighted by atomic mass is 16.5. The van der Waals surface area contributed by atoms with Crippen molar-refractivity contribution < 1.29 is 43.7 Å². The van der Waals surface area contributed by atoms with Crippen molar-refractivity contribution in [3.05, 3.63) is 41.6 Å². The Balaban J connectivity index is 1.50. The maximum absolute atomic E-state index is 13.6. The first kappa shape index (κ1) is 28.7. The average molecular weight is 558 g/mol. The number of phenolic OH excluding ortho intramolecular Hbond substituents is 1. The molecule has 1 aromatic rings. The Morgan fingerprint density at radius 2 is 1.93 bits per heavy atom. The van der Waals surface area contributed by atoms with Crippen molar-refractivity contribution in [3.63, 3.8) is 0 Å². The van der Waals surface area contributed by atoms with Crippen LogP contribution in [0.25, 0.3) is 0 Å². The van der Waals surface area contributed by atoms with E-state index in [0.29, 0.717) is 38.4 Å². The van der Waals surface area contributed by atoms with Crippen LogP contribution in [0.1, 0.15) is 41.6 Å². The number of morpholine rings is 1. The quantitative estimate of drug-likeness (QED) is 0.278. The van der Waals surface area contributed by atoms with Crippen LogP contribution >= 0.6 is 0 Å². The van der Waals surface area contributed by atoms with Crippen LogP contribution in [0.2, 0.25) is 0 Å². The van der Waals surface area contributed by atoms with Gasteiger partial charge in [0.1, 0.15) is 24.1 Å². The van der Waals surface area contributed by atoms with Crippen molar-refractivity contribution in [2.45, 2.75) is 50.4 Å². The number of ether oxygens (including phenoxy) is 1. The Bertz CT molecular complexity index is 1210. The van der Waals surface area contributed by atoms with Gasteiger partial charge in [-0.3, -0.25) is 28.9 Å². The number of aldehydes is 1. The van der Waals surface area contributed by atoms with Crippen molar-refractivity contribution >= 4 is 35.9 Å². The summed E-state index contributed by atoms with van der Waals surface area (Å²) in [6, 6.07) is 0.652. The van der Waals surface area contributed by atoms with Crippen LogP contribution < -0.4 is 10.6 Å². The van der Waals surface area contributed by atoms with Gasteiger partial charge in [-0.2, -0.15) is 0 Å². The predicted molar refractivity (Wildman–Crippen MR) is 136 cm³/mol. The van der Waals surface area contributed by atoms with E-state index in [4.69, 9.17) is 9.84 Å². The number of amides is 4. The van der Waals surface area contributed by atoms with E-state index in [-0.39, 0.29) is 36.9 Å². The summed E-state index contributed by atoms with van der Waals surface area (Å²) in [6.45, 7) is 2.91. The maximum Gasteiger partial charge on any atom is 0.305 e. The second-order valence-electron chi connectivity index (χ2n) is 9.70. The van der Waals surface area contributed by atoms with Gasteiger partial charge in [-0.05, 0) is 31.0 Å². The Hall–Kier alpha value is -4.30. The lowest BCUT2D eigenvalue weighted by atomic mass is 10.1. The van der Waals surface area contributed by atoms with E-state index < -0.39 is 54.1 Å². The molecule has 2 fully saturated rings. The minimum Gasteiger partial charge on any atom is -0.508 e. The molecule has 0 unspecified atom stereocenters. The lowest BCUT2D eigenvalue weighted by Crippen LogP contribution is -2.62. The number of rotatable bonds is 9. The van der Waals surface area contributed by atoms with Gasteiger partial charge in [0.25, 0.3) is 11.8 Å². The first-order valence-corrected chi connectivity index (χ1v) is 12.9. The van der Waals surface area contributed by atoms with Crippen molar-refractivity contribution in [3.8, 4) is 5.75 Å². The molecular formula is C26H31N5O9. The van der Waals surface area contributed by atoms with Gasteiger partial charge in [0, 0.05) is 43.4 Å². The predicted octanol–water partition coefficient (Wildman–Crippen LogP) is -0.867. The molecule has 0 bridgehead atoms. The fourth-order valence-electron chi connectivity index (χ4n) is 4.79. The lowest BCUT2D eigenvalue weighted by Gasteiger charge is -2.39. The summed E-state index contributed by atoms with van der Waals surface area (Å²) in [6.07, 6.45) is 2.40. The summed E-state index contributed by atoms with van der Waals surface area (Å²) in [7, 11) is 0. The highest BCUT2D eigenvalue weighted by molar-refractivity contribution is 6.00. The number of hydrazine groups is 1. The number of fused-ring (bicyclic) bond motifs is 1. The third-order valence-electron chi connectivity index (χ3n) is 6.89. The van der Waals surface area contributed by atoms with Gasteiger partial charge < -0.3 is 30.4 Å². The van der Waals surface area contributed by atoms with E-state index in [0.717, 1.165) is 10.0 Å². The van der Waals surface area contributed by atoms with Crippen LogP contribution in [0.5, 0.6) is 5.75 Å². The monoisotopic (exact) mass is 557 g/mol. The number of carbonyl (C=O) groups excluding carboxylic acids is 5. The van der Waals surface area contributed by atoms with Crippen LogP contribution in [-0.4, -0.2) is 105 Å². The zero-order chi connectivity index (χ0) is 28.8. The van der Waals surface area contributed by atoms with Gasteiger partial charge in [-0.25, -0.2) is 10.0 Å². The van der Waals surface area contributed by atoms with E-state index in [1.807, 2.05) is 0 Å². The number of benzene rings is 1. The number of nitrogens with one attached hydrogen (secondary N) is 2. The zero-order valence-corrected chi connectivity index (χ0v) is 21.7. The maximum atomic E-state index is 13.6. The van der Waals surface area contributed by atoms with E-state index in [9.17, 15) is 33.9 Å². The van der Waals surface area contributed by atoms with Gasteiger partial charge >= 0.3 is 5.97 Å². The standard InChI is InChI=1S/C26H31N5O9/c32-15-18(13-23(35)36)27-25(38)20-2-1-7-30-22(34)6-4-19(26(39)31(20)30)28-24(37)16-3-5-21(33)17(12-16)14-29-8-10-40-11-9-29/h1,3,5,7,12,15,18-20,33H,2,4,6,8-11,13-14H2,(H,27,38)(H,28,37)(H,35,36)/t18-,19-,20-/m0/s1. The van der Waals surface area contributed by atoms with E-state index in [1.54, 1.807) is 6.07 Å². The SMILES string of the molecule is O=C[C@H](CC(=O)O)NC(=O)[C@@H]1CC=CN2C(=O)CC[C@H](NC(=O)c3ccc(O)c(CN4CCOCC4)c3)C(=O)N12. The van der Waals surface area contributed by atoms with Crippen LogP contribution in [0.15, 0.2) is 30.5 Å².